The van der Waals surface area contributed by atoms with Gasteiger partial charge in [0.2, 0.25) is 0 Å². The van der Waals surface area contributed by atoms with Crippen LogP contribution in [-0.4, -0.2) is 6.61 Å². The lowest BCUT2D eigenvalue weighted by molar-refractivity contribution is 0.124. The first-order valence-corrected chi connectivity index (χ1v) is 7.30. The maximum absolute atomic E-state index is 5.89. The molecule has 1 aliphatic heterocycles. The van der Waals surface area contributed by atoms with Gasteiger partial charge in [0.1, 0.15) is 0 Å². The van der Waals surface area contributed by atoms with E-state index in [9.17, 15) is 0 Å². The molecule has 1 nitrogen and oxygen atoms in total. The molecule has 0 spiro atoms. The summed E-state index contributed by atoms with van der Waals surface area (Å²) in [6.45, 7) is 0.931. The Kier molecular flexibility index (Phi) is 3.68. The number of benzene rings is 1. The maximum Gasteiger partial charge on any atom is 0.0953 e. The van der Waals surface area contributed by atoms with Gasteiger partial charge in [0.25, 0.3) is 0 Å². The molecule has 0 saturated carbocycles. The topological polar surface area (TPSA) is 9.23 Å². The van der Waals surface area contributed by atoms with E-state index in [0.29, 0.717) is 5.92 Å². The van der Waals surface area contributed by atoms with Gasteiger partial charge in [-0.15, -0.1) is 0 Å². The Balaban J connectivity index is 1.72. The SMILES string of the molecule is C1=C2OCCCC2CCCC1Cc1ccccc1. The van der Waals surface area contributed by atoms with E-state index in [1.165, 1.54) is 49.8 Å². The Labute approximate surface area is 110 Å². The molecule has 1 aromatic rings. The summed E-state index contributed by atoms with van der Waals surface area (Å²) in [6, 6.07) is 10.8. The predicted molar refractivity (Wildman–Crippen MR) is 74.2 cm³/mol. The van der Waals surface area contributed by atoms with Crippen molar-refractivity contribution in [3.05, 3.63) is 47.7 Å². The van der Waals surface area contributed by atoms with Crippen LogP contribution in [-0.2, 0) is 11.2 Å². The first-order valence-electron chi connectivity index (χ1n) is 7.30. The van der Waals surface area contributed by atoms with Gasteiger partial charge in [0.15, 0.2) is 0 Å². The number of hydrogen-bond donors (Lipinski definition) is 0. The van der Waals surface area contributed by atoms with Gasteiger partial charge in [0, 0.05) is 5.92 Å². The fourth-order valence-electron chi connectivity index (χ4n) is 3.27. The van der Waals surface area contributed by atoms with Crippen LogP contribution in [0.1, 0.15) is 37.7 Å². The first-order chi connectivity index (χ1) is 8.92. The average Bonchev–Trinajstić information content (AvgIpc) is 2.61. The summed E-state index contributed by atoms with van der Waals surface area (Å²) in [5.74, 6) is 2.70. The molecular weight excluding hydrogens is 220 g/mol. The first kappa shape index (κ1) is 11.8. The molecule has 0 amide bonds. The summed E-state index contributed by atoms with van der Waals surface area (Å²) in [5.41, 5.74) is 1.45. The highest BCUT2D eigenvalue weighted by atomic mass is 16.5. The molecule has 0 N–H and O–H groups in total. The summed E-state index contributed by atoms with van der Waals surface area (Å²) in [5, 5.41) is 0. The van der Waals surface area contributed by atoms with Gasteiger partial charge in [-0.1, -0.05) is 36.8 Å². The molecule has 1 fully saturated rings. The van der Waals surface area contributed by atoms with E-state index < -0.39 is 0 Å². The second-order valence-electron chi connectivity index (χ2n) is 5.64. The van der Waals surface area contributed by atoms with E-state index in [2.05, 4.69) is 36.4 Å². The van der Waals surface area contributed by atoms with Crippen LogP contribution in [0.4, 0.5) is 0 Å². The quantitative estimate of drug-likeness (QED) is 0.749. The van der Waals surface area contributed by atoms with Crippen molar-refractivity contribution in [2.45, 2.75) is 38.5 Å². The van der Waals surface area contributed by atoms with Crippen LogP contribution < -0.4 is 0 Å². The van der Waals surface area contributed by atoms with Crippen molar-refractivity contribution in [1.29, 1.82) is 0 Å². The standard InChI is InChI=1S/C17H22O/c1-2-6-14(7-3-1)12-15-8-4-9-16-10-5-11-18-17(16)13-15/h1-3,6-7,13,15-16H,4-5,8-12H2. The fourth-order valence-corrected chi connectivity index (χ4v) is 3.27. The summed E-state index contributed by atoms with van der Waals surface area (Å²) in [4.78, 5) is 0. The van der Waals surface area contributed by atoms with Gasteiger partial charge >= 0.3 is 0 Å². The number of allylic oxidation sites excluding steroid dienone is 2. The minimum Gasteiger partial charge on any atom is -0.498 e. The monoisotopic (exact) mass is 242 g/mol. The molecule has 3 rings (SSSR count). The summed E-state index contributed by atoms with van der Waals surface area (Å²) < 4.78 is 5.89. The molecule has 1 aliphatic carbocycles. The van der Waals surface area contributed by atoms with Crippen molar-refractivity contribution in [3.8, 4) is 0 Å². The Morgan fingerprint density at radius 1 is 1.00 bits per heavy atom. The summed E-state index contributed by atoms with van der Waals surface area (Å²) in [6.07, 6.45) is 10.2. The highest BCUT2D eigenvalue weighted by molar-refractivity contribution is 5.17. The van der Waals surface area contributed by atoms with Crippen molar-refractivity contribution in [1.82, 2.24) is 0 Å². The third-order valence-corrected chi connectivity index (χ3v) is 4.24. The summed E-state index contributed by atoms with van der Waals surface area (Å²) >= 11 is 0. The highest BCUT2D eigenvalue weighted by Crippen LogP contribution is 2.34. The number of hydrogen-bond acceptors (Lipinski definition) is 1. The van der Waals surface area contributed by atoms with Crippen LogP contribution in [0.3, 0.4) is 0 Å². The van der Waals surface area contributed by atoms with Crippen LogP contribution in [0.15, 0.2) is 42.2 Å². The van der Waals surface area contributed by atoms with Gasteiger partial charge in [-0.05, 0) is 49.7 Å². The normalized spacial score (nSPS) is 27.7. The van der Waals surface area contributed by atoms with Crippen LogP contribution in [0.2, 0.25) is 0 Å². The Morgan fingerprint density at radius 2 is 1.83 bits per heavy atom. The van der Waals surface area contributed by atoms with Crippen LogP contribution in [0.25, 0.3) is 0 Å². The number of rotatable bonds is 2. The molecule has 2 aliphatic rings. The zero-order valence-electron chi connectivity index (χ0n) is 11.0. The number of fused-ring (bicyclic) bond motifs is 1. The van der Waals surface area contributed by atoms with E-state index in [0.717, 1.165) is 12.5 Å². The van der Waals surface area contributed by atoms with Crippen molar-refractivity contribution in [2.75, 3.05) is 6.61 Å². The fraction of sp³-hybridized carbons (Fsp3) is 0.529. The molecule has 1 heterocycles. The van der Waals surface area contributed by atoms with Crippen molar-refractivity contribution < 1.29 is 4.74 Å². The minimum absolute atomic E-state index is 0.672. The lowest BCUT2D eigenvalue weighted by atomic mass is 9.95. The molecule has 96 valence electrons. The van der Waals surface area contributed by atoms with Crippen LogP contribution in [0.5, 0.6) is 0 Å². The smallest absolute Gasteiger partial charge is 0.0953 e. The highest BCUT2D eigenvalue weighted by Gasteiger charge is 2.24. The molecule has 2 unspecified atom stereocenters. The van der Waals surface area contributed by atoms with Crippen molar-refractivity contribution >= 4 is 0 Å². The van der Waals surface area contributed by atoms with Crippen LogP contribution >= 0.6 is 0 Å². The maximum atomic E-state index is 5.89. The lowest BCUT2D eigenvalue weighted by Gasteiger charge is -2.25. The van der Waals surface area contributed by atoms with E-state index in [4.69, 9.17) is 4.74 Å². The molecular formula is C17H22O. The molecule has 1 aromatic carbocycles. The van der Waals surface area contributed by atoms with Crippen LogP contribution in [0, 0.1) is 11.8 Å². The molecule has 1 heteroatoms. The van der Waals surface area contributed by atoms with Crippen molar-refractivity contribution in [3.63, 3.8) is 0 Å². The van der Waals surface area contributed by atoms with E-state index >= 15 is 0 Å². The lowest BCUT2D eigenvalue weighted by Crippen LogP contribution is -2.14. The second kappa shape index (κ2) is 5.60. The van der Waals surface area contributed by atoms with Gasteiger partial charge in [0.05, 0.1) is 12.4 Å². The van der Waals surface area contributed by atoms with Gasteiger partial charge in [-0.3, -0.25) is 0 Å². The number of ether oxygens (including phenoxy) is 1. The molecule has 0 radical (unpaired) electrons. The Bertz CT molecular complexity index is 407. The van der Waals surface area contributed by atoms with E-state index in [-0.39, 0.29) is 0 Å². The molecule has 18 heavy (non-hydrogen) atoms. The average molecular weight is 242 g/mol. The van der Waals surface area contributed by atoms with Crippen molar-refractivity contribution in [2.24, 2.45) is 11.8 Å². The molecule has 2 atom stereocenters. The zero-order chi connectivity index (χ0) is 12.2. The second-order valence-corrected chi connectivity index (χ2v) is 5.64. The van der Waals surface area contributed by atoms with E-state index in [1.54, 1.807) is 0 Å². The van der Waals surface area contributed by atoms with Gasteiger partial charge in [-0.2, -0.15) is 0 Å². The molecule has 0 bridgehead atoms. The van der Waals surface area contributed by atoms with E-state index in [1.807, 2.05) is 0 Å². The van der Waals surface area contributed by atoms with Gasteiger partial charge < -0.3 is 4.74 Å². The predicted octanol–water partition coefficient (Wildman–Crippen LogP) is 4.34. The molecule has 1 saturated heterocycles. The Hall–Kier alpha value is -1.24. The minimum atomic E-state index is 0.672. The zero-order valence-corrected chi connectivity index (χ0v) is 11.0. The van der Waals surface area contributed by atoms with Gasteiger partial charge in [-0.25, -0.2) is 0 Å². The largest absolute Gasteiger partial charge is 0.498 e. The third-order valence-electron chi connectivity index (χ3n) is 4.24. The third kappa shape index (κ3) is 2.77. The summed E-state index contributed by atoms with van der Waals surface area (Å²) in [7, 11) is 0. The Morgan fingerprint density at radius 3 is 2.72 bits per heavy atom. The molecule has 0 aromatic heterocycles.